The summed E-state index contributed by atoms with van der Waals surface area (Å²) in [6.07, 6.45) is 3.75. The second-order valence-electron chi connectivity index (χ2n) is 6.56. The first-order valence-electron chi connectivity index (χ1n) is 9.08. The molecule has 0 spiro atoms. The summed E-state index contributed by atoms with van der Waals surface area (Å²) in [5.74, 6) is 0.865. The molecule has 1 fully saturated rings. The number of nitrogens with zero attached hydrogens (tertiary/aromatic N) is 5. The van der Waals surface area contributed by atoms with Crippen molar-refractivity contribution in [3.05, 3.63) is 52.8 Å². The van der Waals surface area contributed by atoms with E-state index in [1.807, 2.05) is 60.4 Å². The van der Waals surface area contributed by atoms with Gasteiger partial charge in [-0.05, 0) is 24.6 Å². The number of hydrogen-bond acceptors (Lipinski definition) is 3. The van der Waals surface area contributed by atoms with Crippen LogP contribution in [-0.4, -0.2) is 57.6 Å². The van der Waals surface area contributed by atoms with Crippen LogP contribution in [0.15, 0.2) is 41.7 Å². The number of benzene rings is 1. The molecule has 0 bridgehead atoms. The van der Waals surface area contributed by atoms with Gasteiger partial charge in [-0.25, -0.2) is 4.99 Å². The standard InChI is InChI=1S/C19H25ClN6O/c1-3-21-19(22-10-16-11-23-24(2)12-16)26-9-8-25(18(27)14-26)13-15-4-6-17(20)7-5-15/h4-7,11-12H,3,8-10,13-14H2,1-2H3,(H,21,22). The second-order valence-corrected chi connectivity index (χ2v) is 6.99. The highest BCUT2D eigenvalue weighted by Crippen LogP contribution is 2.14. The zero-order chi connectivity index (χ0) is 19.2. The minimum Gasteiger partial charge on any atom is -0.356 e. The maximum absolute atomic E-state index is 12.6. The van der Waals surface area contributed by atoms with Crippen LogP contribution in [0.3, 0.4) is 0 Å². The first-order chi connectivity index (χ1) is 13.0. The lowest BCUT2D eigenvalue weighted by molar-refractivity contribution is -0.135. The molecule has 1 aliphatic heterocycles. The highest BCUT2D eigenvalue weighted by molar-refractivity contribution is 6.30. The Morgan fingerprint density at radius 2 is 2.04 bits per heavy atom. The number of halogens is 1. The predicted octanol–water partition coefficient (Wildman–Crippen LogP) is 1.88. The number of aryl methyl sites for hydroxylation is 1. The van der Waals surface area contributed by atoms with Crippen molar-refractivity contribution in [3.8, 4) is 0 Å². The van der Waals surface area contributed by atoms with Crippen LogP contribution < -0.4 is 5.32 Å². The van der Waals surface area contributed by atoms with E-state index in [2.05, 4.69) is 15.4 Å². The molecule has 0 atom stereocenters. The zero-order valence-corrected chi connectivity index (χ0v) is 16.5. The van der Waals surface area contributed by atoms with Gasteiger partial charge in [0.2, 0.25) is 5.91 Å². The van der Waals surface area contributed by atoms with Crippen LogP contribution >= 0.6 is 11.6 Å². The molecule has 3 rings (SSSR count). The van der Waals surface area contributed by atoms with Crippen molar-refractivity contribution in [1.82, 2.24) is 24.9 Å². The summed E-state index contributed by atoms with van der Waals surface area (Å²) in [5, 5.41) is 8.15. The summed E-state index contributed by atoms with van der Waals surface area (Å²) >= 11 is 5.93. The Kier molecular flexibility index (Phi) is 6.34. The fourth-order valence-electron chi connectivity index (χ4n) is 3.01. The minimum atomic E-state index is 0.100. The summed E-state index contributed by atoms with van der Waals surface area (Å²) in [5.41, 5.74) is 2.12. The molecule has 1 amide bonds. The Morgan fingerprint density at radius 3 is 2.67 bits per heavy atom. The average molecular weight is 389 g/mol. The van der Waals surface area contributed by atoms with E-state index in [1.165, 1.54) is 0 Å². The SMILES string of the molecule is CCNC(=NCc1cnn(C)c1)N1CCN(Cc2ccc(Cl)cc2)C(=O)C1. The number of piperazine rings is 1. The van der Waals surface area contributed by atoms with Crippen molar-refractivity contribution in [2.24, 2.45) is 12.0 Å². The van der Waals surface area contributed by atoms with Gasteiger partial charge >= 0.3 is 0 Å². The van der Waals surface area contributed by atoms with Crippen LogP contribution in [0.2, 0.25) is 5.02 Å². The van der Waals surface area contributed by atoms with Gasteiger partial charge in [0, 0.05) is 50.0 Å². The van der Waals surface area contributed by atoms with Gasteiger partial charge in [0.05, 0.1) is 19.3 Å². The second kappa shape index (κ2) is 8.90. The molecule has 1 saturated heterocycles. The molecule has 0 radical (unpaired) electrons. The maximum atomic E-state index is 12.6. The number of carbonyl (C=O) groups is 1. The van der Waals surface area contributed by atoms with Crippen molar-refractivity contribution in [2.45, 2.75) is 20.0 Å². The summed E-state index contributed by atoms with van der Waals surface area (Å²) < 4.78 is 1.76. The number of nitrogens with one attached hydrogen (secondary N) is 1. The van der Waals surface area contributed by atoms with Gasteiger partial charge in [-0.2, -0.15) is 5.10 Å². The molecule has 2 aromatic rings. The molecule has 27 heavy (non-hydrogen) atoms. The van der Waals surface area contributed by atoms with Crippen LogP contribution in [-0.2, 0) is 24.9 Å². The van der Waals surface area contributed by atoms with Gasteiger partial charge in [-0.3, -0.25) is 9.48 Å². The van der Waals surface area contributed by atoms with E-state index in [9.17, 15) is 4.79 Å². The predicted molar refractivity (Wildman–Crippen MR) is 106 cm³/mol. The molecule has 0 unspecified atom stereocenters. The molecule has 7 nitrogen and oxygen atoms in total. The Labute approximate surface area is 164 Å². The first-order valence-corrected chi connectivity index (χ1v) is 9.46. The van der Waals surface area contributed by atoms with Crippen molar-refractivity contribution in [2.75, 3.05) is 26.2 Å². The molecule has 1 aromatic carbocycles. The summed E-state index contributed by atoms with van der Waals surface area (Å²) in [6, 6.07) is 7.63. The molecule has 1 N–H and O–H groups in total. The number of amides is 1. The average Bonchev–Trinajstić information content (AvgIpc) is 3.07. The zero-order valence-electron chi connectivity index (χ0n) is 15.7. The fraction of sp³-hybridized carbons (Fsp3) is 0.421. The monoisotopic (exact) mass is 388 g/mol. The topological polar surface area (TPSA) is 65.8 Å². The smallest absolute Gasteiger partial charge is 0.242 e. The lowest BCUT2D eigenvalue weighted by Crippen LogP contribution is -2.54. The number of aliphatic imine (C=N–C) groups is 1. The molecular weight excluding hydrogens is 364 g/mol. The number of hydrogen-bond donors (Lipinski definition) is 1. The quantitative estimate of drug-likeness (QED) is 0.627. The van der Waals surface area contributed by atoms with Gasteiger partial charge in [0.1, 0.15) is 0 Å². The Hall–Kier alpha value is -2.54. The van der Waals surface area contributed by atoms with Gasteiger partial charge in [0.15, 0.2) is 5.96 Å². The van der Waals surface area contributed by atoms with Gasteiger partial charge in [-0.15, -0.1) is 0 Å². The molecule has 0 saturated carbocycles. The third-order valence-corrected chi connectivity index (χ3v) is 4.66. The number of guanidine groups is 1. The van der Waals surface area contributed by atoms with Crippen molar-refractivity contribution in [1.29, 1.82) is 0 Å². The lowest BCUT2D eigenvalue weighted by atomic mass is 10.2. The van der Waals surface area contributed by atoms with Crippen LogP contribution in [0, 0.1) is 0 Å². The van der Waals surface area contributed by atoms with E-state index >= 15 is 0 Å². The number of rotatable bonds is 5. The highest BCUT2D eigenvalue weighted by atomic mass is 35.5. The fourth-order valence-corrected chi connectivity index (χ4v) is 3.14. The first kappa shape index (κ1) is 19.2. The third kappa shape index (κ3) is 5.23. The van der Waals surface area contributed by atoms with E-state index in [0.717, 1.165) is 30.2 Å². The van der Waals surface area contributed by atoms with Gasteiger partial charge in [0.25, 0.3) is 0 Å². The van der Waals surface area contributed by atoms with E-state index in [4.69, 9.17) is 11.6 Å². The van der Waals surface area contributed by atoms with E-state index in [0.29, 0.717) is 31.2 Å². The third-order valence-electron chi connectivity index (χ3n) is 4.41. The Balaban J connectivity index is 1.61. The Morgan fingerprint density at radius 1 is 1.26 bits per heavy atom. The largest absolute Gasteiger partial charge is 0.356 e. The summed E-state index contributed by atoms with van der Waals surface area (Å²) in [6.45, 7) is 5.66. The molecule has 2 heterocycles. The summed E-state index contributed by atoms with van der Waals surface area (Å²) in [4.78, 5) is 21.2. The molecule has 1 aromatic heterocycles. The number of carbonyl (C=O) groups excluding carboxylic acids is 1. The van der Waals surface area contributed by atoms with E-state index in [-0.39, 0.29) is 5.91 Å². The Bertz CT molecular complexity index is 801. The van der Waals surface area contributed by atoms with Crippen LogP contribution in [0.4, 0.5) is 0 Å². The van der Waals surface area contributed by atoms with Crippen LogP contribution in [0.1, 0.15) is 18.1 Å². The van der Waals surface area contributed by atoms with Gasteiger partial charge in [-0.1, -0.05) is 23.7 Å². The number of aromatic nitrogens is 2. The molecular formula is C19H25ClN6O. The van der Waals surface area contributed by atoms with Crippen LogP contribution in [0.25, 0.3) is 0 Å². The maximum Gasteiger partial charge on any atom is 0.242 e. The highest BCUT2D eigenvalue weighted by Gasteiger charge is 2.26. The van der Waals surface area contributed by atoms with E-state index < -0.39 is 0 Å². The van der Waals surface area contributed by atoms with Gasteiger partial charge < -0.3 is 15.1 Å². The molecule has 1 aliphatic rings. The normalized spacial score (nSPS) is 15.4. The lowest BCUT2D eigenvalue weighted by Gasteiger charge is -2.36. The van der Waals surface area contributed by atoms with Crippen molar-refractivity contribution < 1.29 is 4.79 Å². The molecule has 0 aliphatic carbocycles. The summed E-state index contributed by atoms with van der Waals surface area (Å²) in [7, 11) is 1.89. The van der Waals surface area contributed by atoms with Crippen molar-refractivity contribution >= 4 is 23.5 Å². The van der Waals surface area contributed by atoms with Crippen molar-refractivity contribution in [3.63, 3.8) is 0 Å². The van der Waals surface area contributed by atoms with E-state index in [1.54, 1.807) is 4.68 Å². The minimum absolute atomic E-state index is 0.100. The molecule has 144 valence electrons. The van der Waals surface area contributed by atoms with Crippen LogP contribution in [0.5, 0.6) is 0 Å². The molecule has 8 heteroatoms.